The smallest absolute Gasteiger partial charge is 0.225 e. The van der Waals surface area contributed by atoms with Crippen molar-refractivity contribution in [3.8, 4) is 0 Å². The molecule has 1 aliphatic heterocycles. The van der Waals surface area contributed by atoms with Crippen molar-refractivity contribution in [2.24, 2.45) is 5.92 Å². The Morgan fingerprint density at radius 2 is 2.05 bits per heavy atom. The molecule has 3 rings (SSSR count). The Balaban J connectivity index is 1.85. The maximum absolute atomic E-state index is 12.1. The monoisotopic (exact) mass is 299 g/mol. The van der Waals surface area contributed by atoms with Gasteiger partial charge in [-0.3, -0.25) is 4.79 Å². The number of aromatic nitrogens is 3. The molecule has 3 heterocycles. The normalized spacial score (nSPS) is 17.7. The third-order valence-corrected chi connectivity index (χ3v) is 4.01. The van der Waals surface area contributed by atoms with Crippen LogP contribution in [0, 0.1) is 5.92 Å². The van der Waals surface area contributed by atoms with E-state index in [-0.39, 0.29) is 11.8 Å². The van der Waals surface area contributed by atoms with Crippen LogP contribution in [0.4, 0.5) is 5.95 Å². The fourth-order valence-corrected chi connectivity index (χ4v) is 2.84. The van der Waals surface area contributed by atoms with Gasteiger partial charge in [-0.25, -0.2) is 9.97 Å². The van der Waals surface area contributed by atoms with E-state index in [1.165, 1.54) is 5.69 Å². The summed E-state index contributed by atoms with van der Waals surface area (Å²) in [6, 6.07) is 5.98. The van der Waals surface area contributed by atoms with Crippen molar-refractivity contribution in [1.29, 1.82) is 0 Å². The zero-order valence-corrected chi connectivity index (χ0v) is 13.0. The van der Waals surface area contributed by atoms with Crippen LogP contribution in [0.1, 0.15) is 12.1 Å². The van der Waals surface area contributed by atoms with Crippen molar-refractivity contribution >= 4 is 11.9 Å². The maximum atomic E-state index is 12.1. The summed E-state index contributed by atoms with van der Waals surface area (Å²) < 4.78 is 2.23. The van der Waals surface area contributed by atoms with E-state index in [9.17, 15) is 4.79 Å². The lowest BCUT2D eigenvalue weighted by Crippen LogP contribution is -2.33. The van der Waals surface area contributed by atoms with Crippen molar-refractivity contribution in [2.75, 3.05) is 25.5 Å². The Hall–Kier alpha value is -2.37. The lowest BCUT2D eigenvalue weighted by atomic mass is 10.0. The maximum Gasteiger partial charge on any atom is 0.225 e. The van der Waals surface area contributed by atoms with E-state index in [0.29, 0.717) is 6.42 Å². The van der Waals surface area contributed by atoms with Crippen LogP contribution in [-0.4, -0.2) is 46.0 Å². The Morgan fingerprint density at radius 3 is 2.77 bits per heavy atom. The number of fused-ring (bicyclic) bond motifs is 1. The van der Waals surface area contributed by atoms with Gasteiger partial charge in [0, 0.05) is 63.8 Å². The van der Waals surface area contributed by atoms with Gasteiger partial charge in [0.2, 0.25) is 11.9 Å². The predicted molar refractivity (Wildman–Crippen MR) is 84.3 cm³/mol. The van der Waals surface area contributed by atoms with E-state index in [1.807, 2.05) is 6.07 Å². The summed E-state index contributed by atoms with van der Waals surface area (Å²) in [6.07, 6.45) is 6.13. The number of hydrogen-bond donors (Lipinski definition) is 0. The van der Waals surface area contributed by atoms with Gasteiger partial charge in [0.1, 0.15) is 0 Å². The van der Waals surface area contributed by atoms with Crippen molar-refractivity contribution in [3.63, 3.8) is 0 Å². The number of amides is 1. The van der Waals surface area contributed by atoms with Gasteiger partial charge in [0.25, 0.3) is 0 Å². The lowest BCUT2D eigenvalue weighted by molar-refractivity contribution is -0.129. The predicted octanol–water partition coefficient (Wildman–Crippen LogP) is 1.39. The Bertz CT molecular complexity index is 637. The van der Waals surface area contributed by atoms with Crippen molar-refractivity contribution < 1.29 is 4.79 Å². The molecule has 0 aliphatic carbocycles. The molecule has 1 atom stereocenters. The van der Waals surface area contributed by atoms with Crippen LogP contribution in [0.2, 0.25) is 0 Å². The molecule has 6 heteroatoms. The number of anilines is 1. The molecule has 22 heavy (non-hydrogen) atoms. The molecule has 0 fully saturated rings. The highest BCUT2D eigenvalue weighted by Gasteiger charge is 2.25. The number of rotatable bonds is 3. The number of nitrogens with zero attached hydrogens (tertiary/aromatic N) is 5. The van der Waals surface area contributed by atoms with Crippen LogP contribution in [0.5, 0.6) is 0 Å². The fourth-order valence-electron chi connectivity index (χ4n) is 2.84. The molecule has 0 radical (unpaired) electrons. The van der Waals surface area contributed by atoms with Crippen LogP contribution in [-0.2, 0) is 17.9 Å². The molecule has 0 saturated heterocycles. The SMILES string of the molecule is CN(C)C(=O)C[C@@H]1CN(c2ncccn2)Cc2cccn2C1. The first-order valence-corrected chi connectivity index (χ1v) is 7.49. The number of carbonyl (C=O) groups is 1. The Labute approximate surface area is 130 Å². The summed E-state index contributed by atoms with van der Waals surface area (Å²) in [6.45, 7) is 2.40. The molecule has 0 unspecified atom stereocenters. The molecule has 0 N–H and O–H groups in total. The third-order valence-electron chi connectivity index (χ3n) is 4.01. The first kappa shape index (κ1) is 14.6. The highest BCUT2D eigenvalue weighted by molar-refractivity contribution is 5.75. The zero-order valence-electron chi connectivity index (χ0n) is 13.0. The van der Waals surface area contributed by atoms with Crippen molar-refractivity contribution in [1.82, 2.24) is 19.4 Å². The van der Waals surface area contributed by atoms with Gasteiger partial charge >= 0.3 is 0 Å². The molecule has 116 valence electrons. The van der Waals surface area contributed by atoms with Gasteiger partial charge in [0.15, 0.2) is 0 Å². The minimum atomic E-state index is 0.162. The van der Waals surface area contributed by atoms with E-state index in [0.717, 1.165) is 25.6 Å². The van der Waals surface area contributed by atoms with Gasteiger partial charge in [-0.05, 0) is 18.2 Å². The molecule has 0 saturated carbocycles. The van der Waals surface area contributed by atoms with E-state index >= 15 is 0 Å². The summed E-state index contributed by atoms with van der Waals surface area (Å²) in [7, 11) is 3.61. The topological polar surface area (TPSA) is 54.3 Å². The molecular formula is C16H21N5O. The second-order valence-corrected chi connectivity index (χ2v) is 5.94. The van der Waals surface area contributed by atoms with Gasteiger partial charge < -0.3 is 14.4 Å². The van der Waals surface area contributed by atoms with E-state index in [2.05, 4.69) is 37.8 Å². The molecule has 0 aromatic carbocycles. The van der Waals surface area contributed by atoms with Gasteiger partial charge in [0.05, 0.1) is 6.54 Å². The van der Waals surface area contributed by atoms with Gasteiger partial charge in [-0.2, -0.15) is 0 Å². The zero-order chi connectivity index (χ0) is 15.5. The quantitative estimate of drug-likeness (QED) is 0.859. The van der Waals surface area contributed by atoms with Crippen LogP contribution in [0.25, 0.3) is 0 Å². The van der Waals surface area contributed by atoms with Crippen molar-refractivity contribution in [2.45, 2.75) is 19.5 Å². The van der Waals surface area contributed by atoms with E-state index in [1.54, 1.807) is 31.4 Å². The minimum absolute atomic E-state index is 0.162. The van der Waals surface area contributed by atoms with Gasteiger partial charge in [-0.1, -0.05) is 0 Å². The first-order chi connectivity index (χ1) is 10.6. The number of hydrogen-bond acceptors (Lipinski definition) is 4. The second-order valence-electron chi connectivity index (χ2n) is 5.94. The molecule has 1 aliphatic rings. The average molecular weight is 299 g/mol. The fraction of sp³-hybridized carbons (Fsp3) is 0.438. The molecule has 2 aromatic heterocycles. The van der Waals surface area contributed by atoms with Crippen LogP contribution in [0.15, 0.2) is 36.8 Å². The van der Waals surface area contributed by atoms with Gasteiger partial charge in [-0.15, -0.1) is 0 Å². The standard InChI is InChI=1S/C16H21N5O/c1-19(2)15(22)9-13-10-20-8-3-5-14(20)12-21(11-13)16-17-6-4-7-18-16/h3-8,13H,9-12H2,1-2H3/t13-/m0/s1. The summed E-state index contributed by atoms with van der Waals surface area (Å²) in [5, 5.41) is 0. The van der Waals surface area contributed by atoms with Crippen LogP contribution in [0.3, 0.4) is 0 Å². The largest absolute Gasteiger partial charge is 0.349 e. The Morgan fingerprint density at radius 1 is 1.27 bits per heavy atom. The molecule has 0 spiro atoms. The summed E-state index contributed by atoms with van der Waals surface area (Å²) in [4.78, 5) is 24.6. The first-order valence-electron chi connectivity index (χ1n) is 7.49. The van der Waals surface area contributed by atoms with E-state index in [4.69, 9.17) is 0 Å². The minimum Gasteiger partial charge on any atom is -0.349 e. The molecule has 1 amide bonds. The summed E-state index contributed by atoms with van der Waals surface area (Å²) in [5.41, 5.74) is 1.23. The number of carbonyl (C=O) groups excluding carboxylic acids is 1. The molecule has 6 nitrogen and oxygen atoms in total. The van der Waals surface area contributed by atoms with Crippen LogP contribution >= 0.6 is 0 Å². The summed E-state index contributed by atoms with van der Waals surface area (Å²) in [5.74, 6) is 1.13. The molecular weight excluding hydrogens is 278 g/mol. The van der Waals surface area contributed by atoms with E-state index < -0.39 is 0 Å². The average Bonchev–Trinajstić information content (AvgIpc) is 2.87. The highest BCUT2D eigenvalue weighted by atomic mass is 16.2. The highest BCUT2D eigenvalue weighted by Crippen LogP contribution is 2.22. The van der Waals surface area contributed by atoms with Crippen molar-refractivity contribution in [3.05, 3.63) is 42.5 Å². The molecule has 2 aromatic rings. The summed E-state index contributed by atoms with van der Waals surface area (Å²) >= 11 is 0. The Kier molecular flexibility index (Phi) is 4.09. The van der Waals surface area contributed by atoms with Crippen LogP contribution < -0.4 is 4.90 Å². The third kappa shape index (κ3) is 3.10. The molecule has 0 bridgehead atoms. The lowest BCUT2D eigenvalue weighted by Gasteiger charge is -2.24. The second kappa shape index (κ2) is 6.17.